The highest BCUT2D eigenvalue weighted by Gasteiger charge is 2.18. The molecule has 0 unspecified atom stereocenters. The van der Waals surface area contributed by atoms with E-state index in [-0.39, 0.29) is 17.8 Å². The van der Waals surface area contributed by atoms with Crippen LogP contribution in [0.15, 0.2) is 53.9 Å². The second-order valence-corrected chi connectivity index (χ2v) is 6.77. The highest BCUT2D eigenvalue weighted by atomic mass is 32.1. The van der Waals surface area contributed by atoms with Crippen molar-refractivity contribution in [3.05, 3.63) is 70.6 Å². The number of benzene rings is 2. The monoisotopic (exact) mass is 382 g/mol. The fourth-order valence-corrected chi connectivity index (χ4v) is 3.52. The molecule has 3 rings (SSSR count). The molecule has 138 valence electrons. The smallest absolute Gasteiger partial charge is 0.335 e. The van der Waals surface area contributed by atoms with E-state index in [4.69, 9.17) is 14.6 Å². The minimum atomic E-state index is -1.03. The lowest BCUT2D eigenvalue weighted by molar-refractivity contribution is 0.0696. The molecule has 0 radical (unpaired) electrons. The molecule has 0 aliphatic carbocycles. The van der Waals surface area contributed by atoms with Gasteiger partial charge in [0.25, 0.3) is 0 Å². The Labute approximate surface area is 160 Å². The average molecular weight is 382 g/mol. The quantitative estimate of drug-likeness (QED) is 0.607. The number of Topliss-reactive ketones (excluding diaryl/α,β-unsaturated/α-hetero) is 1. The van der Waals surface area contributed by atoms with Crippen molar-refractivity contribution < 1.29 is 24.2 Å². The van der Waals surface area contributed by atoms with Gasteiger partial charge in [0.2, 0.25) is 0 Å². The number of hydrogen-bond donors (Lipinski definition) is 1. The number of hydrogen-bond acceptors (Lipinski definition) is 5. The van der Waals surface area contributed by atoms with Gasteiger partial charge in [0, 0.05) is 22.4 Å². The molecule has 0 aliphatic heterocycles. The Balaban J connectivity index is 1.93. The van der Waals surface area contributed by atoms with Crippen LogP contribution >= 0.6 is 11.3 Å². The summed E-state index contributed by atoms with van der Waals surface area (Å²) < 4.78 is 11.0. The summed E-state index contributed by atoms with van der Waals surface area (Å²) in [6.45, 7) is 0. The van der Waals surface area contributed by atoms with E-state index < -0.39 is 5.97 Å². The Hall–Kier alpha value is -3.12. The molecular formula is C21H18O5S. The Kier molecular flexibility index (Phi) is 5.57. The van der Waals surface area contributed by atoms with Crippen molar-refractivity contribution in [1.82, 2.24) is 0 Å². The standard InChI is InChI=1S/C21H18O5S/c1-25-18-10-15(20-4-3-9-27-20)11-19(26-2)16(18)12-17(22)13-5-7-14(8-6-13)21(23)24/h3-11H,12H2,1-2H3,(H,23,24). The third kappa shape index (κ3) is 4.01. The van der Waals surface area contributed by atoms with Crippen molar-refractivity contribution in [2.75, 3.05) is 14.2 Å². The first kappa shape index (κ1) is 18.7. The summed E-state index contributed by atoms with van der Waals surface area (Å²) >= 11 is 1.61. The van der Waals surface area contributed by atoms with Gasteiger partial charge >= 0.3 is 5.97 Å². The SMILES string of the molecule is COc1cc(-c2cccs2)cc(OC)c1CC(=O)c1ccc(C(=O)O)cc1. The van der Waals surface area contributed by atoms with E-state index in [0.717, 1.165) is 10.4 Å². The third-order valence-electron chi connectivity index (χ3n) is 4.20. The van der Waals surface area contributed by atoms with Crippen LogP contribution in [0.25, 0.3) is 10.4 Å². The first-order valence-electron chi connectivity index (χ1n) is 8.18. The van der Waals surface area contributed by atoms with E-state index in [1.807, 2.05) is 29.6 Å². The summed E-state index contributed by atoms with van der Waals surface area (Å²) in [5.41, 5.74) is 2.20. The topological polar surface area (TPSA) is 72.8 Å². The third-order valence-corrected chi connectivity index (χ3v) is 5.12. The zero-order valence-electron chi connectivity index (χ0n) is 14.9. The van der Waals surface area contributed by atoms with Crippen LogP contribution < -0.4 is 9.47 Å². The van der Waals surface area contributed by atoms with Gasteiger partial charge in [-0.05, 0) is 41.3 Å². The average Bonchev–Trinajstić information content (AvgIpc) is 3.22. The van der Waals surface area contributed by atoms with E-state index in [0.29, 0.717) is 22.6 Å². The van der Waals surface area contributed by atoms with Gasteiger partial charge in [0.1, 0.15) is 11.5 Å². The van der Waals surface area contributed by atoms with Crippen LogP contribution in [-0.2, 0) is 6.42 Å². The highest BCUT2D eigenvalue weighted by Crippen LogP contribution is 2.37. The molecule has 0 atom stereocenters. The summed E-state index contributed by atoms with van der Waals surface area (Å²) in [6, 6.07) is 13.6. The lowest BCUT2D eigenvalue weighted by Crippen LogP contribution is -2.07. The largest absolute Gasteiger partial charge is 0.496 e. The predicted octanol–water partition coefficient (Wildman–Crippen LogP) is 4.56. The minimum Gasteiger partial charge on any atom is -0.496 e. The van der Waals surface area contributed by atoms with Crippen LogP contribution in [0.3, 0.4) is 0 Å². The Morgan fingerprint density at radius 2 is 1.56 bits per heavy atom. The van der Waals surface area contributed by atoms with Gasteiger partial charge in [-0.25, -0.2) is 4.79 Å². The number of carbonyl (C=O) groups excluding carboxylic acids is 1. The second-order valence-electron chi connectivity index (χ2n) is 5.82. The molecule has 5 nitrogen and oxygen atoms in total. The Morgan fingerprint density at radius 1 is 0.963 bits per heavy atom. The molecule has 1 N–H and O–H groups in total. The molecule has 27 heavy (non-hydrogen) atoms. The number of thiophene rings is 1. The van der Waals surface area contributed by atoms with E-state index in [9.17, 15) is 9.59 Å². The number of carboxylic acid groups (broad SMARTS) is 1. The minimum absolute atomic E-state index is 0.0868. The number of aromatic carboxylic acids is 1. The van der Waals surface area contributed by atoms with Crippen molar-refractivity contribution >= 4 is 23.1 Å². The molecule has 0 saturated heterocycles. The van der Waals surface area contributed by atoms with E-state index in [1.165, 1.54) is 24.3 Å². The van der Waals surface area contributed by atoms with Crippen LogP contribution in [0.1, 0.15) is 26.3 Å². The molecule has 2 aromatic carbocycles. The molecule has 0 amide bonds. The zero-order chi connectivity index (χ0) is 19.4. The normalized spacial score (nSPS) is 10.4. The predicted molar refractivity (Wildman–Crippen MR) is 104 cm³/mol. The van der Waals surface area contributed by atoms with Crippen LogP contribution in [0.5, 0.6) is 11.5 Å². The molecule has 0 spiro atoms. The molecule has 1 aromatic heterocycles. The summed E-state index contributed by atoms with van der Waals surface area (Å²) in [6.07, 6.45) is 0.0868. The first-order chi connectivity index (χ1) is 13.0. The van der Waals surface area contributed by atoms with Crippen molar-refractivity contribution in [2.24, 2.45) is 0 Å². The number of ether oxygens (including phenoxy) is 2. The van der Waals surface area contributed by atoms with Crippen LogP contribution in [-0.4, -0.2) is 31.1 Å². The Morgan fingerprint density at radius 3 is 2.04 bits per heavy atom. The van der Waals surface area contributed by atoms with Gasteiger partial charge in [-0.15, -0.1) is 11.3 Å². The molecule has 0 saturated carbocycles. The van der Waals surface area contributed by atoms with Gasteiger partial charge < -0.3 is 14.6 Å². The fourth-order valence-electron chi connectivity index (χ4n) is 2.80. The maximum atomic E-state index is 12.7. The highest BCUT2D eigenvalue weighted by molar-refractivity contribution is 7.13. The van der Waals surface area contributed by atoms with Crippen LogP contribution in [0.4, 0.5) is 0 Å². The van der Waals surface area contributed by atoms with Crippen LogP contribution in [0.2, 0.25) is 0 Å². The number of carboxylic acids is 1. The lowest BCUT2D eigenvalue weighted by Gasteiger charge is -2.15. The van der Waals surface area contributed by atoms with Crippen molar-refractivity contribution in [3.63, 3.8) is 0 Å². The second kappa shape index (κ2) is 8.05. The van der Waals surface area contributed by atoms with Crippen molar-refractivity contribution in [2.45, 2.75) is 6.42 Å². The van der Waals surface area contributed by atoms with Gasteiger partial charge in [-0.3, -0.25) is 4.79 Å². The molecule has 0 bridgehead atoms. The summed E-state index contributed by atoms with van der Waals surface area (Å²) in [7, 11) is 3.12. The van der Waals surface area contributed by atoms with Gasteiger partial charge in [0.05, 0.1) is 19.8 Å². The maximum absolute atomic E-state index is 12.7. The summed E-state index contributed by atoms with van der Waals surface area (Å²) in [5, 5.41) is 11.0. The molecule has 3 aromatic rings. The summed E-state index contributed by atoms with van der Waals surface area (Å²) in [4.78, 5) is 24.7. The van der Waals surface area contributed by atoms with Crippen LogP contribution in [0, 0.1) is 0 Å². The molecule has 0 aliphatic rings. The number of methoxy groups -OCH3 is 2. The maximum Gasteiger partial charge on any atom is 0.335 e. The van der Waals surface area contributed by atoms with Gasteiger partial charge in [-0.2, -0.15) is 0 Å². The molecule has 1 heterocycles. The molecule has 0 fully saturated rings. The molecule has 6 heteroatoms. The molecular weight excluding hydrogens is 364 g/mol. The van der Waals surface area contributed by atoms with Crippen molar-refractivity contribution in [1.29, 1.82) is 0 Å². The van der Waals surface area contributed by atoms with E-state index in [2.05, 4.69) is 0 Å². The Bertz CT molecular complexity index is 934. The summed E-state index contributed by atoms with van der Waals surface area (Å²) in [5.74, 6) is -0.0181. The van der Waals surface area contributed by atoms with Gasteiger partial charge in [-0.1, -0.05) is 18.2 Å². The number of rotatable bonds is 7. The number of carbonyl (C=O) groups is 2. The van der Waals surface area contributed by atoms with Gasteiger partial charge in [0.15, 0.2) is 5.78 Å². The fraction of sp³-hybridized carbons (Fsp3) is 0.143. The first-order valence-corrected chi connectivity index (χ1v) is 9.06. The number of ketones is 1. The van der Waals surface area contributed by atoms with Crippen molar-refractivity contribution in [3.8, 4) is 21.9 Å². The van der Waals surface area contributed by atoms with E-state index in [1.54, 1.807) is 25.6 Å². The van der Waals surface area contributed by atoms with E-state index >= 15 is 0 Å². The lowest BCUT2D eigenvalue weighted by atomic mass is 9.98. The zero-order valence-corrected chi connectivity index (χ0v) is 15.7.